The molecular weight excluding hydrogens is 368 g/mol. The minimum atomic E-state index is 0. The summed E-state index contributed by atoms with van der Waals surface area (Å²) in [7, 11) is 0. The first-order valence-electron chi connectivity index (χ1n) is 8.70. The number of imidazole rings is 2. The molecule has 0 aliphatic carbocycles. The van der Waals surface area contributed by atoms with E-state index in [-0.39, 0.29) is 12.4 Å². The van der Waals surface area contributed by atoms with Crippen molar-refractivity contribution in [3.8, 4) is 10.6 Å². The summed E-state index contributed by atoms with van der Waals surface area (Å²) in [5, 5.41) is 8.15. The second-order valence-corrected chi connectivity index (χ2v) is 7.85. The number of hydrogen-bond acceptors (Lipinski definition) is 5. The molecule has 0 saturated carbocycles. The molecule has 1 N–H and O–H groups in total. The first-order valence-corrected chi connectivity index (χ1v) is 9.52. The lowest BCUT2D eigenvalue weighted by molar-refractivity contribution is 0.454. The smallest absolute Gasteiger partial charge is 0.194 e. The fourth-order valence-electron chi connectivity index (χ4n) is 3.61. The number of nitrogens with one attached hydrogen (secondary N) is 1. The molecule has 1 fully saturated rings. The Hall–Kier alpha value is -1.96. The van der Waals surface area contributed by atoms with Crippen molar-refractivity contribution >= 4 is 34.4 Å². The van der Waals surface area contributed by atoms with Crippen molar-refractivity contribution in [2.24, 2.45) is 0 Å². The average Bonchev–Trinajstić information content (AvgIpc) is 3.27. The fraction of sp³-hybridized carbons (Fsp3) is 0.389. The normalized spacial score (nSPS) is 15.6. The van der Waals surface area contributed by atoms with Crippen LogP contribution < -0.4 is 5.32 Å². The van der Waals surface area contributed by atoms with Gasteiger partial charge in [0, 0.05) is 18.3 Å². The minimum absolute atomic E-state index is 0. The van der Waals surface area contributed by atoms with Gasteiger partial charge < -0.3 is 5.32 Å². The van der Waals surface area contributed by atoms with E-state index >= 15 is 0 Å². The van der Waals surface area contributed by atoms with Crippen LogP contribution in [0.1, 0.15) is 35.7 Å². The lowest BCUT2D eigenvalue weighted by Gasteiger charge is -2.20. The van der Waals surface area contributed by atoms with Gasteiger partial charge in [-0.1, -0.05) is 11.3 Å². The predicted octanol–water partition coefficient (Wildman–Crippen LogP) is 3.61. The number of aryl methyl sites for hydroxylation is 2. The molecule has 26 heavy (non-hydrogen) atoms. The fourth-order valence-corrected chi connectivity index (χ4v) is 4.54. The number of aromatic nitrogens is 5. The molecule has 0 spiro atoms. The van der Waals surface area contributed by atoms with Gasteiger partial charge in [0.05, 0.1) is 22.5 Å². The maximum absolute atomic E-state index is 4.88. The number of hydrogen-bond donors (Lipinski definition) is 1. The van der Waals surface area contributed by atoms with E-state index < -0.39 is 0 Å². The zero-order chi connectivity index (χ0) is 17.0. The number of thiazole rings is 1. The molecule has 4 aromatic rings. The number of fused-ring (bicyclic) bond motifs is 2. The van der Waals surface area contributed by atoms with Crippen LogP contribution in [0.3, 0.4) is 0 Å². The van der Waals surface area contributed by atoms with Crippen LogP contribution in [0.15, 0.2) is 24.7 Å². The van der Waals surface area contributed by atoms with Gasteiger partial charge >= 0.3 is 0 Å². The van der Waals surface area contributed by atoms with E-state index in [0.717, 1.165) is 45.5 Å². The summed E-state index contributed by atoms with van der Waals surface area (Å²) < 4.78 is 4.03. The summed E-state index contributed by atoms with van der Waals surface area (Å²) in [6, 6.07) is 2.11. The van der Waals surface area contributed by atoms with Gasteiger partial charge in [-0.15, -0.1) is 12.4 Å². The molecule has 4 aromatic heterocycles. The Labute approximate surface area is 161 Å². The third kappa shape index (κ3) is 2.90. The molecule has 1 aliphatic rings. The lowest BCUT2D eigenvalue weighted by atomic mass is 9.95. The van der Waals surface area contributed by atoms with Gasteiger partial charge in [-0.05, 0) is 51.4 Å². The summed E-state index contributed by atoms with van der Waals surface area (Å²) >= 11 is 1.70. The van der Waals surface area contributed by atoms with Crippen molar-refractivity contribution in [1.82, 2.24) is 29.3 Å². The summed E-state index contributed by atoms with van der Waals surface area (Å²) in [5.41, 5.74) is 5.25. The molecule has 5 rings (SSSR count). The Bertz CT molecular complexity index is 1040. The highest BCUT2D eigenvalue weighted by Crippen LogP contribution is 2.31. The van der Waals surface area contributed by atoms with Crippen molar-refractivity contribution in [2.75, 3.05) is 13.1 Å². The van der Waals surface area contributed by atoms with Gasteiger partial charge in [-0.3, -0.25) is 4.40 Å². The Morgan fingerprint density at radius 1 is 1.12 bits per heavy atom. The third-order valence-corrected chi connectivity index (χ3v) is 5.93. The molecule has 136 valence electrons. The van der Waals surface area contributed by atoms with Crippen LogP contribution in [0.4, 0.5) is 0 Å². The second-order valence-electron chi connectivity index (χ2n) is 6.84. The topological polar surface area (TPSA) is 59.5 Å². The van der Waals surface area contributed by atoms with Crippen LogP contribution in [-0.4, -0.2) is 37.1 Å². The monoisotopic (exact) mass is 388 g/mol. The largest absolute Gasteiger partial charge is 0.317 e. The first-order chi connectivity index (χ1) is 12.2. The van der Waals surface area contributed by atoms with Crippen LogP contribution in [0.2, 0.25) is 0 Å². The molecule has 8 heteroatoms. The predicted molar refractivity (Wildman–Crippen MR) is 107 cm³/mol. The van der Waals surface area contributed by atoms with Crippen LogP contribution >= 0.6 is 23.7 Å². The van der Waals surface area contributed by atoms with E-state index in [1.807, 2.05) is 17.6 Å². The summed E-state index contributed by atoms with van der Waals surface area (Å²) in [6.07, 6.45) is 8.66. The number of rotatable bonds is 2. The van der Waals surface area contributed by atoms with Crippen LogP contribution in [-0.2, 0) is 0 Å². The number of halogens is 1. The highest BCUT2D eigenvalue weighted by molar-refractivity contribution is 7.20. The molecule has 0 aromatic carbocycles. The zero-order valence-electron chi connectivity index (χ0n) is 14.8. The number of piperidine rings is 1. The molecular formula is C18H21ClN6S. The van der Waals surface area contributed by atoms with Crippen LogP contribution in [0.5, 0.6) is 0 Å². The second kappa shape index (κ2) is 6.64. The Morgan fingerprint density at radius 3 is 2.69 bits per heavy atom. The van der Waals surface area contributed by atoms with E-state index in [2.05, 4.69) is 40.1 Å². The van der Waals surface area contributed by atoms with Crippen molar-refractivity contribution in [3.63, 3.8) is 0 Å². The van der Waals surface area contributed by atoms with Crippen molar-refractivity contribution in [1.29, 1.82) is 0 Å². The molecule has 0 radical (unpaired) electrons. The quantitative estimate of drug-likeness (QED) is 0.569. The zero-order valence-corrected chi connectivity index (χ0v) is 16.4. The van der Waals surface area contributed by atoms with Crippen molar-refractivity contribution in [3.05, 3.63) is 41.6 Å². The molecule has 0 bridgehead atoms. The van der Waals surface area contributed by atoms with E-state index in [1.54, 1.807) is 11.3 Å². The maximum Gasteiger partial charge on any atom is 0.194 e. The van der Waals surface area contributed by atoms with E-state index in [9.17, 15) is 0 Å². The molecule has 0 amide bonds. The molecule has 1 saturated heterocycles. The Kier molecular flexibility index (Phi) is 4.46. The standard InChI is InChI=1S/C18H20N6S.ClH/c1-11-7-14(22-24-8-12(2)20-17(11)24)16-10-23-9-15(21-18(23)25-16)13-3-5-19-6-4-13;/h7-10,13,19H,3-6H2,1-2H3;1H. The Balaban J connectivity index is 0.00000168. The maximum atomic E-state index is 4.88. The van der Waals surface area contributed by atoms with Crippen LogP contribution in [0.25, 0.3) is 21.2 Å². The molecule has 0 atom stereocenters. The summed E-state index contributed by atoms with van der Waals surface area (Å²) in [5.74, 6) is 0.586. The highest BCUT2D eigenvalue weighted by atomic mass is 35.5. The van der Waals surface area contributed by atoms with Gasteiger partial charge in [0.15, 0.2) is 10.6 Å². The molecule has 0 unspecified atom stereocenters. The molecule has 5 heterocycles. The van der Waals surface area contributed by atoms with Crippen molar-refractivity contribution in [2.45, 2.75) is 32.6 Å². The highest BCUT2D eigenvalue weighted by Gasteiger charge is 2.19. The average molecular weight is 389 g/mol. The van der Waals surface area contributed by atoms with Crippen molar-refractivity contribution < 1.29 is 0 Å². The van der Waals surface area contributed by atoms with E-state index in [1.165, 1.54) is 18.5 Å². The van der Waals surface area contributed by atoms with Crippen LogP contribution in [0, 0.1) is 13.8 Å². The molecule has 6 nitrogen and oxygen atoms in total. The van der Waals surface area contributed by atoms with Gasteiger partial charge in [0.2, 0.25) is 0 Å². The van der Waals surface area contributed by atoms with Gasteiger partial charge in [-0.2, -0.15) is 5.10 Å². The van der Waals surface area contributed by atoms with Gasteiger partial charge in [-0.25, -0.2) is 14.5 Å². The number of nitrogens with zero attached hydrogens (tertiary/aromatic N) is 5. The Morgan fingerprint density at radius 2 is 1.92 bits per heavy atom. The van der Waals surface area contributed by atoms with Gasteiger partial charge in [0.1, 0.15) is 5.69 Å². The lowest BCUT2D eigenvalue weighted by Crippen LogP contribution is -2.26. The SMILES string of the molecule is Cc1cn2nc(-c3cn4cc(C5CCNCC5)nc4s3)cc(C)c2n1.Cl. The summed E-state index contributed by atoms with van der Waals surface area (Å²) in [4.78, 5) is 11.6. The molecule has 1 aliphatic heterocycles. The third-order valence-electron chi connectivity index (χ3n) is 4.91. The van der Waals surface area contributed by atoms with E-state index in [0.29, 0.717) is 5.92 Å². The summed E-state index contributed by atoms with van der Waals surface area (Å²) in [6.45, 7) is 6.26. The first kappa shape index (κ1) is 17.5. The minimum Gasteiger partial charge on any atom is -0.317 e. The van der Waals surface area contributed by atoms with E-state index in [4.69, 9.17) is 10.1 Å². The van der Waals surface area contributed by atoms with Gasteiger partial charge in [0.25, 0.3) is 0 Å².